The molecule has 3 rings (SSSR count). The van der Waals surface area contributed by atoms with Crippen molar-refractivity contribution in [1.29, 1.82) is 0 Å². The monoisotopic (exact) mass is 311 g/mol. The zero-order valence-corrected chi connectivity index (χ0v) is 12.2. The van der Waals surface area contributed by atoms with Gasteiger partial charge in [-0.25, -0.2) is 9.07 Å². The number of aromatic nitrogens is 3. The molecule has 1 heterocycles. The smallest absolute Gasteiger partial charge is 0.150 e. The maximum Gasteiger partial charge on any atom is 0.150 e. The average Bonchev–Trinajstić information content (AvgIpc) is 3.03. The number of carbonyl (C=O) groups is 1. The lowest BCUT2D eigenvalue weighted by molar-refractivity contribution is 0.112. The molecule has 0 bridgehead atoms. The number of nitrogens with zero attached hydrogens (tertiary/aromatic N) is 3. The van der Waals surface area contributed by atoms with Crippen molar-refractivity contribution in [3.05, 3.63) is 77.4 Å². The van der Waals surface area contributed by atoms with Crippen molar-refractivity contribution in [2.45, 2.75) is 13.2 Å². The van der Waals surface area contributed by atoms with Crippen LogP contribution in [-0.4, -0.2) is 21.3 Å². The molecule has 0 fully saturated rings. The molecule has 0 atom stereocenters. The number of halogens is 1. The quantitative estimate of drug-likeness (QED) is 0.657. The van der Waals surface area contributed by atoms with E-state index in [1.54, 1.807) is 47.3 Å². The highest BCUT2D eigenvalue weighted by atomic mass is 19.1. The first-order valence-corrected chi connectivity index (χ1v) is 7.04. The first-order chi connectivity index (χ1) is 11.2. The van der Waals surface area contributed by atoms with Crippen LogP contribution in [0.4, 0.5) is 4.39 Å². The van der Waals surface area contributed by atoms with Gasteiger partial charge in [-0.3, -0.25) is 4.79 Å². The Morgan fingerprint density at radius 1 is 1.09 bits per heavy atom. The highest BCUT2D eigenvalue weighted by Crippen LogP contribution is 2.13. The molecule has 116 valence electrons. The van der Waals surface area contributed by atoms with Crippen LogP contribution in [0.5, 0.6) is 5.75 Å². The van der Waals surface area contributed by atoms with Crippen molar-refractivity contribution in [2.24, 2.45) is 0 Å². The molecule has 23 heavy (non-hydrogen) atoms. The van der Waals surface area contributed by atoms with Crippen LogP contribution in [0.25, 0.3) is 0 Å². The van der Waals surface area contributed by atoms with Crippen LogP contribution in [0.1, 0.15) is 21.6 Å². The lowest BCUT2D eigenvalue weighted by atomic mass is 10.2. The summed E-state index contributed by atoms with van der Waals surface area (Å²) in [5.74, 6) is 0.394. The number of aldehydes is 1. The molecule has 0 saturated heterocycles. The van der Waals surface area contributed by atoms with Gasteiger partial charge >= 0.3 is 0 Å². The molecule has 6 heteroatoms. The van der Waals surface area contributed by atoms with Crippen molar-refractivity contribution in [2.75, 3.05) is 0 Å². The fourth-order valence-corrected chi connectivity index (χ4v) is 2.06. The van der Waals surface area contributed by atoms with Crippen molar-refractivity contribution in [1.82, 2.24) is 15.0 Å². The van der Waals surface area contributed by atoms with E-state index in [1.807, 2.05) is 0 Å². The fraction of sp³-hybridized carbons (Fsp3) is 0.118. The van der Waals surface area contributed by atoms with Crippen molar-refractivity contribution in [3.63, 3.8) is 0 Å². The number of benzene rings is 2. The molecule has 3 aromatic rings. The van der Waals surface area contributed by atoms with Gasteiger partial charge in [0.25, 0.3) is 0 Å². The summed E-state index contributed by atoms with van der Waals surface area (Å²) >= 11 is 0. The van der Waals surface area contributed by atoms with E-state index >= 15 is 0 Å². The van der Waals surface area contributed by atoms with E-state index in [0.29, 0.717) is 23.6 Å². The summed E-state index contributed by atoms with van der Waals surface area (Å²) in [6.07, 6.45) is 2.56. The van der Waals surface area contributed by atoms with Gasteiger partial charge in [-0.05, 0) is 42.0 Å². The van der Waals surface area contributed by atoms with Crippen LogP contribution >= 0.6 is 0 Å². The van der Waals surface area contributed by atoms with Crippen molar-refractivity contribution < 1.29 is 13.9 Å². The largest absolute Gasteiger partial charge is 0.487 e. The summed E-state index contributed by atoms with van der Waals surface area (Å²) in [4.78, 5) is 10.6. The standard InChI is InChI=1S/C17H14FN3O2/c18-15-5-1-13(2-6-15)9-21-10-16(19-20-21)12-23-17-7-3-14(11-22)4-8-17/h1-8,10-11H,9,12H2. The van der Waals surface area contributed by atoms with Crippen LogP contribution < -0.4 is 4.74 Å². The highest BCUT2D eigenvalue weighted by molar-refractivity contribution is 5.74. The summed E-state index contributed by atoms with van der Waals surface area (Å²) in [6.45, 7) is 0.797. The predicted molar refractivity (Wildman–Crippen MR) is 81.7 cm³/mol. The topological polar surface area (TPSA) is 57.0 Å². The second kappa shape index (κ2) is 6.83. The van der Waals surface area contributed by atoms with E-state index in [-0.39, 0.29) is 12.4 Å². The van der Waals surface area contributed by atoms with Gasteiger partial charge in [0.15, 0.2) is 0 Å². The Morgan fingerprint density at radius 3 is 2.52 bits per heavy atom. The summed E-state index contributed by atoms with van der Waals surface area (Å²) in [6, 6.07) is 13.1. The maximum absolute atomic E-state index is 12.9. The number of carbonyl (C=O) groups excluding carboxylic acids is 1. The number of rotatable bonds is 6. The van der Waals surface area contributed by atoms with Crippen molar-refractivity contribution in [3.8, 4) is 5.75 Å². The average molecular weight is 311 g/mol. The molecular weight excluding hydrogens is 297 g/mol. The molecule has 0 aliphatic carbocycles. The zero-order chi connectivity index (χ0) is 16.1. The molecule has 1 aromatic heterocycles. The first-order valence-electron chi connectivity index (χ1n) is 7.04. The summed E-state index contributed by atoms with van der Waals surface area (Å²) in [5.41, 5.74) is 2.22. The number of hydrogen-bond acceptors (Lipinski definition) is 4. The third kappa shape index (κ3) is 4.00. The first kappa shape index (κ1) is 14.9. The van der Waals surface area contributed by atoms with Gasteiger partial charge in [-0.2, -0.15) is 0 Å². The Hall–Kier alpha value is -3.02. The summed E-state index contributed by atoms with van der Waals surface area (Å²) in [5, 5.41) is 8.06. The fourth-order valence-electron chi connectivity index (χ4n) is 2.06. The second-order valence-corrected chi connectivity index (χ2v) is 5.01. The molecule has 0 radical (unpaired) electrons. The van der Waals surface area contributed by atoms with E-state index in [2.05, 4.69) is 10.3 Å². The second-order valence-electron chi connectivity index (χ2n) is 5.01. The lowest BCUT2D eigenvalue weighted by Gasteiger charge is -2.03. The molecule has 0 unspecified atom stereocenters. The van der Waals surface area contributed by atoms with E-state index in [1.165, 1.54) is 12.1 Å². The normalized spacial score (nSPS) is 10.5. The molecule has 0 aliphatic heterocycles. The summed E-state index contributed by atoms with van der Waals surface area (Å²) in [7, 11) is 0. The van der Waals surface area contributed by atoms with Gasteiger partial charge in [0, 0.05) is 5.56 Å². The predicted octanol–water partition coefficient (Wildman–Crippen LogP) is 2.86. The SMILES string of the molecule is O=Cc1ccc(OCc2cn(Cc3ccc(F)cc3)nn2)cc1. The van der Waals surface area contributed by atoms with Crippen molar-refractivity contribution >= 4 is 6.29 Å². The zero-order valence-electron chi connectivity index (χ0n) is 12.2. The third-order valence-electron chi connectivity index (χ3n) is 3.25. The number of hydrogen-bond donors (Lipinski definition) is 0. The van der Waals surface area contributed by atoms with Crippen LogP contribution in [0.3, 0.4) is 0 Å². The van der Waals surface area contributed by atoms with Crippen LogP contribution in [0, 0.1) is 5.82 Å². The number of ether oxygens (including phenoxy) is 1. The molecule has 0 aliphatic rings. The van der Waals surface area contributed by atoms with E-state index in [9.17, 15) is 9.18 Å². The Morgan fingerprint density at radius 2 is 1.83 bits per heavy atom. The van der Waals surface area contributed by atoms with Crippen LogP contribution in [0.2, 0.25) is 0 Å². The molecular formula is C17H14FN3O2. The van der Waals surface area contributed by atoms with Gasteiger partial charge in [0.05, 0.1) is 12.7 Å². The minimum absolute atomic E-state index is 0.262. The van der Waals surface area contributed by atoms with E-state index < -0.39 is 0 Å². The van der Waals surface area contributed by atoms with Crippen LogP contribution in [-0.2, 0) is 13.2 Å². The van der Waals surface area contributed by atoms with Gasteiger partial charge in [-0.1, -0.05) is 17.3 Å². The molecule has 2 aromatic carbocycles. The third-order valence-corrected chi connectivity index (χ3v) is 3.25. The highest BCUT2D eigenvalue weighted by Gasteiger charge is 2.03. The summed E-state index contributed by atoms with van der Waals surface area (Å²) < 4.78 is 20.1. The minimum Gasteiger partial charge on any atom is -0.487 e. The lowest BCUT2D eigenvalue weighted by Crippen LogP contribution is -2.00. The Balaban J connectivity index is 1.58. The Labute approximate surface area is 132 Å². The van der Waals surface area contributed by atoms with Gasteiger partial charge in [0.1, 0.15) is 30.2 Å². The maximum atomic E-state index is 12.9. The molecule has 0 saturated carbocycles. The van der Waals surface area contributed by atoms with Crippen LogP contribution in [0.15, 0.2) is 54.7 Å². The Bertz CT molecular complexity index is 782. The molecule has 0 spiro atoms. The van der Waals surface area contributed by atoms with E-state index in [0.717, 1.165) is 11.8 Å². The Kier molecular flexibility index (Phi) is 4.42. The van der Waals surface area contributed by atoms with Gasteiger partial charge in [0.2, 0.25) is 0 Å². The van der Waals surface area contributed by atoms with Gasteiger partial charge in [-0.15, -0.1) is 5.10 Å². The van der Waals surface area contributed by atoms with Gasteiger partial charge < -0.3 is 4.74 Å². The minimum atomic E-state index is -0.262. The molecule has 5 nitrogen and oxygen atoms in total. The molecule has 0 amide bonds. The molecule has 0 N–H and O–H groups in total. The van der Waals surface area contributed by atoms with E-state index in [4.69, 9.17) is 4.74 Å².